The van der Waals surface area contributed by atoms with Crippen molar-refractivity contribution in [3.63, 3.8) is 0 Å². The van der Waals surface area contributed by atoms with Gasteiger partial charge in [-0.3, -0.25) is 24.3 Å². The molecule has 176 valence electrons. The molecule has 0 spiro atoms. The van der Waals surface area contributed by atoms with Gasteiger partial charge in [-0.1, -0.05) is 51.4 Å². The fourth-order valence-electron chi connectivity index (χ4n) is 3.11. The zero-order valence-corrected chi connectivity index (χ0v) is 20.9. The van der Waals surface area contributed by atoms with Crippen LogP contribution in [0.1, 0.15) is 5.56 Å². The van der Waals surface area contributed by atoms with E-state index in [9.17, 15) is 19.7 Å². The van der Waals surface area contributed by atoms with Crippen LogP contribution >= 0.6 is 39.3 Å². The van der Waals surface area contributed by atoms with Crippen molar-refractivity contribution in [1.82, 2.24) is 15.0 Å². The van der Waals surface area contributed by atoms with Gasteiger partial charge in [-0.05, 0) is 42.5 Å². The first kappa shape index (κ1) is 24.6. The Morgan fingerprint density at radius 2 is 1.94 bits per heavy atom. The normalized spacial score (nSPS) is 11.1. The molecule has 0 aliphatic rings. The monoisotopic (exact) mass is 571 g/mol. The Morgan fingerprint density at radius 3 is 2.69 bits per heavy atom. The number of aromatic nitrogens is 2. The molecule has 0 atom stereocenters. The van der Waals surface area contributed by atoms with Crippen LogP contribution in [0.2, 0.25) is 5.02 Å². The molecule has 0 fully saturated rings. The summed E-state index contributed by atoms with van der Waals surface area (Å²) < 4.78 is 2.32. The molecule has 0 aliphatic carbocycles. The smallest absolute Gasteiger partial charge is 0.270 e. The second-order valence-corrected chi connectivity index (χ2v) is 9.34. The lowest BCUT2D eigenvalue weighted by atomic mass is 10.2. The number of nitro benzene ring substituents is 1. The average molecular weight is 573 g/mol. The van der Waals surface area contributed by atoms with E-state index in [4.69, 9.17) is 11.6 Å². The summed E-state index contributed by atoms with van der Waals surface area (Å²) in [6, 6.07) is 18.1. The number of carbonyl (C=O) groups excluding carboxylic acids is 1. The highest BCUT2D eigenvalue weighted by Crippen LogP contribution is 2.23. The number of para-hydroxylation sites is 1. The number of amides is 1. The van der Waals surface area contributed by atoms with Crippen molar-refractivity contribution in [1.29, 1.82) is 0 Å². The molecule has 0 bridgehead atoms. The first-order valence-corrected chi connectivity index (χ1v) is 12.2. The number of thioether (sulfide) groups is 1. The van der Waals surface area contributed by atoms with Crippen LogP contribution in [0.4, 0.5) is 5.69 Å². The highest BCUT2D eigenvalue weighted by Gasteiger charge is 2.15. The number of halogens is 2. The van der Waals surface area contributed by atoms with Gasteiger partial charge < -0.3 is 0 Å². The third kappa shape index (κ3) is 5.76. The molecule has 1 heterocycles. The van der Waals surface area contributed by atoms with Gasteiger partial charge in [0.15, 0.2) is 5.16 Å². The summed E-state index contributed by atoms with van der Waals surface area (Å²) in [5, 5.41) is 15.8. The molecule has 0 aliphatic heterocycles. The number of rotatable bonds is 7. The number of nitrogens with one attached hydrogen (secondary N) is 1. The van der Waals surface area contributed by atoms with Crippen molar-refractivity contribution in [2.75, 3.05) is 5.75 Å². The van der Waals surface area contributed by atoms with Crippen LogP contribution < -0.4 is 11.0 Å². The molecule has 9 nitrogen and oxygen atoms in total. The van der Waals surface area contributed by atoms with Crippen LogP contribution in [0.25, 0.3) is 16.6 Å². The van der Waals surface area contributed by atoms with E-state index in [2.05, 4.69) is 31.4 Å². The Hall–Kier alpha value is -3.54. The maximum atomic E-state index is 13.2. The molecule has 1 N–H and O–H groups in total. The number of benzene rings is 3. The van der Waals surface area contributed by atoms with E-state index >= 15 is 0 Å². The van der Waals surface area contributed by atoms with Crippen molar-refractivity contribution >= 4 is 68.0 Å². The van der Waals surface area contributed by atoms with Gasteiger partial charge >= 0.3 is 0 Å². The lowest BCUT2D eigenvalue weighted by molar-refractivity contribution is -0.384. The third-order valence-electron chi connectivity index (χ3n) is 4.75. The van der Waals surface area contributed by atoms with Crippen LogP contribution in [0, 0.1) is 10.1 Å². The van der Waals surface area contributed by atoms with Crippen molar-refractivity contribution in [3.05, 3.63) is 102 Å². The Balaban J connectivity index is 1.54. The quantitative estimate of drug-likeness (QED) is 0.110. The van der Waals surface area contributed by atoms with Crippen LogP contribution in [0.15, 0.2) is 86.3 Å². The average Bonchev–Trinajstić information content (AvgIpc) is 2.84. The Bertz CT molecular complexity index is 1530. The maximum Gasteiger partial charge on any atom is 0.270 e. The molecule has 0 radical (unpaired) electrons. The van der Waals surface area contributed by atoms with Crippen LogP contribution in [0.3, 0.4) is 0 Å². The lowest BCUT2D eigenvalue weighted by Crippen LogP contribution is -2.24. The van der Waals surface area contributed by atoms with Crippen LogP contribution in [-0.2, 0) is 4.79 Å². The summed E-state index contributed by atoms with van der Waals surface area (Å²) in [5.41, 5.74) is 3.37. The minimum atomic E-state index is -0.551. The highest BCUT2D eigenvalue weighted by atomic mass is 79.9. The predicted molar refractivity (Wildman–Crippen MR) is 140 cm³/mol. The molecule has 0 unspecified atom stereocenters. The van der Waals surface area contributed by atoms with Crippen molar-refractivity contribution in [2.45, 2.75) is 5.16 Å². The van der Waals surface area contributed by atoms with Crippen molar-refractivity contribution in [3.8, 4) is 5.69 Å². The van der Waals surface area contributed by atoms with Gasteiger partial charge in [0.05, 0.1) is 33.5 Å². The number of nitrogens with zero attached hydrogens (tertiary/aromatic N) is 4. The van der Waals surface area contributed by atoms with Gasteiger partial charge in [0.1, 0.15) is 0 Å². The first-order chi connectivity index (χ1) is 16.8. The zero-order chi connectivity index (χ0) is 24.9. The number of nitro groups is 1. The summed E-state index contributed by atoms with van der Waals surface area (Å²) in [6.45, 7) is 0. The molecular formula is C23H15BrClN5O4S. The lowest BCUT2D eigenvalue weighted by Gasteiger charge is -2.13. The van der Waals surface area contributed by atoms with E-state index in [0.29, 0.717) is 21.7 Å². The molecular weight excluding hydrogens is 558 g/mol. The molecule has 1 aromatic heterocycles. The van der Waals surface area contributed by atoms with Gasteiger partial charge in [-0.2, -0.15) is 5.10 Å². The van der Waals surface area contributed by atoms with Gasteiger partial charge in [0, 0.05) is 27.2 Å². The van der Waals surface area contributed by atoms with Crippen LogP contribution in [-0.4, -0.2) is 32.3 Å². The summed E-state index contributed by atoms with van der Waals surface area (Å²) in [6.07, 6.45) is 1.23. The number of hydrazone groups is 1. The van der Waals surface area contributed by atoms with E-state index in [0.717, 1.165) is 16.2 Å². The summed E-state index contributed by atoms with van der Waals surface area (Å²) in [7, 11) is 0. The van der Waals surface area contributed by atoms with Crippen LogP contribution in [0.5, 0.6) is 0 Å². The zero-order valence-electron chi connectivity index (χ0n) is 17.7. The number of hydrogen-bond acceptors (Lipinski definition) is 7. The summed E-state index contributed by atoms with van der Waals surface area (Å²) >= 11 is 10.5. The Labute approximate surface area is 216 Å². The maximum absolute atomic E-state index is 13.2. The van der Waals surface area contributed by atoms with E-state index in [1.807, 2.05) is 12.1 Å². The minimum Gasteiger partial charge on any atom is -0.272 e. The minimum absolute atomic E-state index is 0.0820. The standard InChI is InChI=1S/C23H15BrClN5O4S/c24-15-5-7-16(8-6-15)29-22(32)18-3-1-2-4-20(18)27-23(29)35-13-21(31)28-26-12-14-11-17(30(33)34)9-10-19(14)25/h1-12H,13H2,(H,28,31)/b26-12+. The van der Waals surface area contributed by atoms with Gasteiger partial charge in [-0.25, -0.2) is 10.4 Å². The second-order valence-electron chi connectivity index (χ2n) is 7.07. The van der Waals surface area contributed by atoms with E-state index in [-0.39, 0.29) is 27.6 Å². The highest BCUT2D eigenvalue weighted by molar-refractivity contribution is 9.10. The Morgan fingerprint density at radius 1 is 1.20 bits per heavy atom. The van der Waals surface area contributed by atoms with Gasteiger partial charge in [-0.15, -0.1) is 0 Å². The fourth-order valence-corrected chi connectivity index (χ4v) is 4.34. The Kier molecular flexibility index (Phi) is 7.59. The van der Waals surface area contributed by atoms with Gasteiger partial charge in [0.2, 0.25) is 0 Å². The molecule has 4 aromatic rings. The number of non-ortho nitro benzene ring substituents is 1. The van der Waals surface area contributed by atoms with E-state index in [1.165, 1.54) is 29.0 Å². The number of fused-ring (bicyclic) bond motifs is 1. The second kappa shape index (κ2) is 10.8. The molecule has 1 amide bonds. The summed E-state index contributed by atoms with van der Waals surface area (Å²) in [4.78, 5) is 40.6. The molecule has 3 aromatic carbocycles. The predicted octanol–water partition coefficient (Wildman–Crippen LogP) is 4.95. The SMILES string of the molecule is O=C(CSc1nc2ccccc2c(=O)n1-c1ccc(Br)cc1)N/N=C/c1cc([N+](=O)[O-])ccc1Cl. The molecule has 0 saturated carbocycles. The van der Waals surface area contributed by atoms with Crippen molar-refractivity contribution in [2.24, 2.45) is 5.10 Å². The molecule has 0 saturated heterocycles. The third-order valence-corrected chi connectivity index (χ3v) is 6.56. The molecule has 4 rings (SSSR count). The van der Waals surface area contributed by atoms with Crippen molar-refractivity contribution < 1.29 is 9.72 Å². The number of carbonyl (C=O) groups is 1. The fraction of sp³-hybridized carbons (Fsp3) is 0.0435. The topological polar surface area (TPSA) is 119 Å². The van der Waals surface area contributed by atoms with E-state index < -0.39 is 10.8 Å². The largest absolute Gasteiger partial charge is 0.272 e. The first-order valence-electron chi connectivity index (χ1n) is 10.00. The van der Waals surface area contributed by atoms with E-state index in [1.54, 1.807) is 36.4 Å². The number of hydrogen-bond donors (Lipinski definition) is 1. The molecule has 35 heavy (non-hydrogen) atoms. The van der Waals surface area contributed by atoms with Gasteiger partial charge in [0.25, 0.3) is 17.2 Å². The summed E-state index contributed by atoms with van der Waals surface area (Å²) in [5.74, 6) is -0.543. The molecule has 12 heteroatoms.